The van der Waals surface area contributed by atoms with Gasteiger partial charge in [-0.05, 0) is 12.1 Å². The van der Waals surface area contributed by atoms with Gasteiger partial charge in [-0.1, -0.05) is 18.2 Å². The first-order valence-electron chi connectivity index (χ1n) is 6.99. The molecule has 0 fully saturated rings. The molecule has 0 saturated carbocycles. The molecule has 0 spiro atoms. The molecular weight excluding hydrogens is 322 g/mol. The Morgan fingerprint density at radius 1 is 1.04 bits per heavy atom. The molecule has 0 bridgehead atoms. The van der Waals surface area contributed by atoms with Crippen LogP contribution in [0.15, 0.2) is 30.3 Å². The zero-order valence-electron chi connectivity index (χ0n) is 13.5. The Labute approximate surface area is 139 Å². The Morgan fingerprint density at radius 3 is 2.04 bits per heavy atom. The largest absolute Gasteiger partial charge is 0.491 e. The third-order valence-corrected chi connectivity index (χ3v) is 2.59. The number of nitrogens with one attached hydrogen (secondary N) is 1. The van der Waals surface area contributed by atoms with Crippen LogP contribution < -0.4 is 10.1 Å². The lowest BCUT2D eigenvalue weighted by molar-refractivity contribution is -0.159. The molecule has 0 aliphatic rings. The molecule has 9 nitrogen and oxygen atoms in total. The number of hydrogen-bond acceptors (Lipinski definition) is 7. The summed E-state index contributed by atoms with van der Waals surface area (Å²) in [5, 5.41) is 27.5. The van der Waals surface area contributed by atoms with E-state index in [1.54, 1.807) is 14.2 Å². The zero-order valence-corrected chi connectivity index (χ0v) is 13.5. The molecule has 1 rings (SSSR count). The van der Waals surface area contributed by atoms with Crippen LogP contribution in [0.5, 0.6) is 5.75 Å². The molecule has 0 saturated heterocycles. The minimum Gasteiger partial charge on any atom is -0.491 e. The molecule has 0 aliphatic heterocycles. The first-order chi connectivity index (χ1) is 11.4. The quantitative estimate of drug-likeness (QED) is 0.354. The monoisotopic (exact) mass is 345 g/mol. The standard InChI is InChI=1S/C13H21NO4.C2H2O4/c1-16-13(17-2)9-14-8-11(15)10-18-12-6-4-3-5-7-12;3-1(4)2(5)6/h3-7,11,13-15H,8-10H2,1-2H3;(H,3,4)(H,5,6). The first kappa shape index (κ1) is 21.8. The Balaban J connectivity index is 0.000000754. The third kappa shape index (κ3) is 11.4. The molecule has 9 heteroatoms. The van der Waals surface area contributed by atoms with Gasteiger partial charge >= 0.3 is 11.9 Å². The van der Waals surface area contributed by atoms with Crippen molar-refractivity contribution in [1.82, 2.24) is 5.32 Å². The topological polar surface area (TPSA) is 135 Å². The van der Waals surface area contributed by atoms with Crippen LogP contribution in [0.3, 0.4) is 0 Å². The number of aliphatic hydroxyl groups is 1. The Bertz CT molecular complexity index is 452. The van der Waals surface area contributed by atoms with Crippen molar-refractivity contribution >= 4 is 11.9 Å². The fraction of sp³-hybridized carbons (Fsp3) is 0.467. The number of aliphatic carboxylic acids is 2. The summed E-state index contributed by atoms with van der Waals surface area (Å²) >= 11 is 0. The van der Waals surface area contributed by atoms with Crippen LogP contribution in [-0.2, 0) is 19.1 Å². The number of carbonyl (C=O) groups is 2. The number of ether oxygens (including phenoxy) is 3. The van der Waals surface area contributed by atoms with Crippen LogP contribution in [0.1, 0.15) is 0 Å². The Morgan fingerprint density at radius 2 is 1.58 bits per heavy atom. The van der Waals surface area contributed by atoms with E-state index in [1.807, 2.05) is 30.3 Å². The second-order valence-corrected chi connectivity index (χ2v) is 4.45. The van der Waals surface area contributed by atoms with Crippen molar-refractivity contribution in [2.24, 2.45) is 0 Å². The summed E-state index contributed by atoms with van der Waals surface area (Å²) < 4.78 is 15.5. The van der Waals surface area contributed by atoms with E-state index in [4.69, 9.17) is 34.0 Å². The second-order valence-electron chi connectivity index (χ2n) is 4.45. The summed E-state index contributed by atoms with van der Waals surface area (Å²) in [4.78, 5) is 18.2. The number of rotatable bonds is 9. The lowest BCUT2D eigenvalue weighted by atomic mass is 10.3. The van der Waals surface area contributed by atoms with Gasteiger partial charge in [0.25, 0.3) is 0 Å². The maximum Gasteiger partial charge on any atom is 0.414 e. The zero-order chi connectivity index (χ0) is 18.4. The highest BCUT2D eigenvalue weighted by Crippen LogP contribution is 2.08. The summed E-state index contributed by atoms with van der Waals surface area (Å²) in [6, 6.07) is 9.40. The SMILES string of the molecule is COC(CNCC(O)COc1ccccc1)OC.O=C(O)C(=O)O. The molecule has 0 amide bonds. The molecule has 0 radical (unpaired) electrons. The number of hydrogen-bond donors (Lipinski definition) is 4. The van der Waals surface area contributed by atoms with Gasteiger partial charge in [-0.25, -0.2) is 9.59 Å². The Kier molecular flexibility index (Phi) is 12.0. The number of carboxylic acid groups (broad SMARTS) is 2. The van der Waals surface area contributed by atoms with E-state index >= 15 is 0 Å². The van der Waals surface area contributed by atoms with E-state index in [0.29, 0.717) is 13.1 Å². The second kappa shape index (κ2) is 13.3. The highest BCUT2D eigenvalue weighted by atomic mass is 16.7. The summed E-state index contributed by atoms with van der Waals surface area (Å²) in [6.45, 7) is 1.20. The van der Waals surface area contributed by atoms with Gasteiger partial charge in [0.1, 0.15) is 18.5 Å². The highest BCUT2D eigenvalue weighted by molar-refractivity contribution is 6.27. The molecule has 1 aromatic rings. The number of benzene rings is 1. The molecule has 1 unspecified atom stereocenters. The van der Waals surface area contributed by atoms with Crippen molar-refractivity contribution in [1.29, 1.82) is 0 Å². The molecule has 4 N–H and O–H groups in total. The number of para-hydroxylation sites is 1. The maximum absolute atomic E-state index is 9.70. The van der Waals surface area contributed by atoms with E-state index in [-0.39, 0.29) is 12.9 Å². The molecule has 0 heterocycles. The number of carboxylic acids is 2. The number of methoxy groups -OCH3 is 2. The van der Waals surface area contributed by atoms with Crippen molar-refractivity contribution in [2.45, 2.75) is 12.4 Å². The lowest BCUT2D eigenvalue weighted by Crippen LogP contribution is -2.37. The molecule has 0 aliphatic carbocycles. The van der Waals surface area contributed by atoms with Crippen LogP contribution in [0.4, 0.5) is 0 Å². The molecule has 136 valence electrons. The molecule has 1 atom stereocenters. The van der Waals surface area contributed by atoms with Gasteiger partial charge in [-0.2, -0.15) is 0 Å². The van der Waals surface area contributed by atoms with Gasteiger partial charge in [-0.15, -0.1) is 0 Å². The van der Waals surface area contributed by atoms with Crippen LogP contribution in [0, 0.1) is 0 Å². The summed E-state index contributed by atoms with van der Waals surface area (Å²) in [5.74, 6) is -2.90. The van der Waals surface area contributed by atoms with Crippen molar-refractivity contribution in [2.75, 3.05) is 33.9 Å². The summed E-state index contributed by atoms with van der Waals surface area (Å²) in [7, 11) is 3.15. The van der Waals surface area contributed by atoms with E-state index < -0.39 is 18.0 Å². The predicted molar refractivity (Wildman–Crippen MR) is 83.9 cm³/mol. The van der Waals surface area contributed by atoms with Gasteiger partial charge in [-0.3, -0.25) is 0 Å². The van der Waals surface area contributed by atoms with E-state index in [0.717, 1.165) is 5.75 Å². The fourth-order valence-corrected chi connectivity index (χ4v) is 1.40. The highest BCUT2D eigenvalue weighted by Gasteiger charge is 2.08. The lowest BCUT2D eigenvalue weighted by Gasteiger charge is -2.16. The maximum atomic E-state index is 9.70. The van der Waals surface area contributed by atoms with Crippen molar-refractivity contribution < 1.29 is 39.1 Å². The fourth-order valence-electron chi connectivity index (χ4n) is 1.40. The average Bonchev–Trinajstić information content (AvgIpc) is 2.58. The summed E-state index contributed by atoms with van der Waals surface area (Å²) in [6.07, 6.45) is -0.869. The van der Waals surface area contributed by atoms with Crippen LogP contribution in [0.2, 0.25) is 0 Å². The van der Waals surface area contributed by atoms with Gasteiger partial charge in [0.2, 0.25) is 0 Å². The van der Waals surface area contributed by atoms with Crippen LogP contribution in [0.25, 0.3) is 0 Å². The number of aliphatic hydroxyl groups excluding tert-OH is 1. The van der Waals surface area contributed by atoms with Crippen molar-refractivity contribution in [3.05, 3.63) is 30.3 Å². The van der Waals surface area contributed by atoms with Gasteiger partial charge < -0.3 is 34.8 Å². The van der Waals surface area contributed by atoms with Crippen LogP contribution in [-0.4, -0.2) is 73.6 Å². The van der Waals surface area contributed by atoms with Gasteiger partial charge in [0, 0.05) is 27.3 Å². The third-order valence-electron chi connectivity index (χ3n) is 2.59. The van der Waals surface area contributed by atoms with E-state index in [9.17, 15) is 5.11 Å². The van der Waals surface area contributed by atoms with Crippen molar-refractivity contribution in [3.8, 4) is 5.75 Å². The molecule has 0 aromatic heterocycles. The normalized spacial score (nSPS) is 11.3. The Hall–Kier alpha value is -2.20. The molecular formula is C15H23NO8. The first-order valence-corrected chi connectivity index (χ1v) is 6.99. The molecule has 24 heavy (non-hydrogen) atoms. The van der Waals surface area contributed by atoms with Crippen molar-refractivity contribution in [3.63, 3.8) is 0 Å². The van der Waals surface area contributed by atoms with Gasteiger partial charge in [0.05, 0.1) is 0 Å². The minimum atomic E-state index is -1.82. The summed E-state index contributed by atoms with van der Waals surface area (Å²) in [5.41, 5.74) is 0. The minimum absolute atomic E-state index is 0.252. The average molecular weight is 345 g/mol. The van der Waals surface area contributed by atoms with Crippen LogP contribution >= 0.6 is 0 Å². The van der Waals surface area contributed by atoms with Gasteiger partial charge in [0.15, 0.2) is 6.29 Å². The van der Waals surface area contributed by atoms with E-state index in [1.165, 1.54) is 0 Å². The molecule has 1 aromatic carbocycles. The predicted octanol–water partition coefficient (Wildman–Crippen LogP) is -0.210. The smallest absolute Gasteiger partial charge is 0.414 e. The van der Waals surface area contributed by atoms with E-state index in [2.05, 4.69) is 5.32 Å².